The second-order valence-electron chi connectivity index (χ2n) is 4.69. The highest BCUT2D eigenvalue weighted by Crippen LogP contribution is 2.26. The molecule has 20 heavy (non-hydrogen) atoms. The number of anilines is 1. The van der Waals surface area contributed by atoms with Gasteiger partial charge in [-0.25, -0.2) is 9.18 Å². The van der Waals surface area contributed by atoms with Crippen molar-refractivity contribution in [1.29, 1.82) is 0 Å². The van der Waals surface area contributed by atoms with E-state index in [1.165, 1.54) is 12.1 Å². The van der Waals surface area contributed by atoms with Gasteiger partial charge in [0, 0.05) is 30.4 Å². The van der Waals surface area contributed by atoms with Crippen LogP contribution < -0.4 is 4.90 Å². The van der Waals surface area contributed by atoms with Crippen molar-refractivity contribution in [2.45, 2.75) is 19.4 Å². The number of halogens is 1. The van der Waals surface area contributed by atoms with Gasteiger partial charge in [0.25, 0.3) is 0 Å². The molecule has 108 valence electrons. The Morgan fingerprint density at radius 2 is 2.40 bits per heavy atom. The van der Waals surface area contributed by atoms with Crippen LogP contribution in [-0.2, 0) is 9.53 Å². The van der Waals surface area contributed by atoms with Crippen molar-refractivity contribution in [3.63, 3.8) is 0 Å². The van der Waals surface area contributed by atoms with Gasteiger partial charge in [0.05, 0.1) is 12.7 Å². The van der Waals surface area contributed by atoms with E-state index in [1.807, 2.05) is 17.9 Å². The number of rotatable bonds is 4. The fraction of sp³-hybridized carbons (Fsp3) is 0.400. The minimum Gasteiger partial charge on any atom is -0.478 e. The van der Waals surface area contributed by atoms with Crippen LogP contribution in [0.4, 0.5) is 10.1 Å². The van der Waals surface area contributed by atoms with Gasteiger partial charge in [0.15, 0.2) is 0 Å². The first-order valence-corrected chi connectivity index (χ1v) is 6.68. The van der Waals surface area contributed by atoms with E-state index in [2.05, 4.69) is 0 Å². The van der Waals surface area contributed by atoms with E-state index in [1.54, 1.807) is 6.07 Å². The summed E-state index contributed by atoms with van der Waals surface area (Å²) in [6.07, 6.45) is 3.29. The molecule has 0 aliphatic carbocycles. The maximum Gasteiger partial charge on any atom is 0.328 e. The average Bonchev–Trinajstić information content (AvgIpc) is 2.45. The standard InChI is InChI=1S/C15H18FNO3/c1-2-11-10-17(8-9-20-11)14-5-3-4-13(16)12(14)6-7-15(18)19/h3-7,11H,2,8-10H2,1H3,(H,18,19)/b7-6+. The predicted octanol–water partition coefficient (Wildman–Crippen LogP) is 2.54. The molecule has 0 aromatic heterocycles. The van der Waals surface area contributed by atoms with Gasteiger partial charge in [-0.15, -0.1) is 0 Å². The molecule has 1 aromatic rings. The second kappa shape index (κ2) is 6.52. The van der Waals surface area contributed by atoms with Crippen molar-refractivity contribution in [2.24, 2.45) is 0 Å². The second-order valence-corrected chi connectivity index (χ2v) is 4.69. The molecule has 1 fully saturated rings. The predicted molar refractivity (Wildman–Crippen MR) is 75.3 cm³/mol. The highest BCUT2D eigenvalue weighted by molar-refractivity contribution is 5.87. The molecule has 1 unspecified atom stereocenters. The molecule has 1 saturated heterocycles. The normalized spacial score (nSPS) is 19.5. The van der Waals surface area contributed by atoms with E-state index in [0.29, 0.717) is 30.9 Å². The fourth-order valence-electron chi connectivity index (χ4n) is 2.31. The Bertz CT molecular complexity index is 516. The minimum atomic E-state index is -1.09. The molecule has 1 atom stereocenters. The number of ether oxygens (including phenoxy) is 1. The molecule has 0 saturated carbocycles. The zero-order valence-corrected chi connectivity index (χ0v) is 11.4. The molecule has 0 radical (unpaired) electrons. The summed E-state index contributed by atoms with van der Waals surface area (Å²) in [6, 6.07) is 4.78. The van der Waals surface area contributed by atoms with Crippen molar-refractivity contribution in [2.75, 3.05) is 24.6 Å². The minimum absolute atomic E-state index is 0.128. The van der Waals surface area contributed by atoms with E-state index >= 15 is 0 Å². The van der Waals surface area contributed by atoms with Crippen LogP contribution in [0.15, 0.2) is 24.3 Å². The zero-order chi connectivity index (χ0) is 14.5. The maximum atomic E-state index is 13.9. The van der Waals surface area contributed by atoms with Crippen LogP contribution in [0.2, 0.25) is 0 Å². The Labute approximate surface area is 117 Å². The Morgan fingerprint density at radius 3 is 3.10 bits per heavy atom. The van der Waals surface area contributed by atoms with Crippen LogP contribution in [0.3, 0.4) is 0 Å². The molecular weight excluding hydrogens is 261 g/mol. The average molecular weight is 279 g/mol. The molecule has 2 rings (SSSR count). The highest BCUT2D eigenvalue weighted by atomic mass is 19.1. The molecule has 1 N–H and O–H groups in total. The molecule has 0 amide bonds. The van der Waals surface area contributed by atoms with E-state index in [4.69, 9.17) is 9.84 Å². The monoisotopic (exact) mass is 279 g/mol. The van der Waals surface area contributed by atoms with Gasteiger partial charge in [-0.05, 0) is 24.6 Å². The maximum absolute atomic E-state index is 13.9. The van der Waals surface area contributed by atoms with Gasteiger partial charge in [-0.2, -0.15) is 0 Å². The summed E-state index contributed by atoms with van der Waals surface area (Å²) in [6.45, 7) is 4.00. The van der Waals surface area contributed by atoms with Crippen LogP contribution in [0, 0.1) is 5.82 Å². The third-order valence-corrected chi connectivity index (χ3v) is 3.36. The Kier molecular flexibility index (Phi) is 4.74. The number of carbonyl (C=O) groups is 1. The zero-order valence-electron chi connectivity index (χ0n) is 11.4. The van der Waals surface area contributed by atoms with E-state index in [9.17, 15) is 9.18 Å². The van der Waals surface area contributed by atoms with Crippen molar-refractivity contribution < 1.29 is 19.0 Å². The van der Waals surface area contributed by atoms with Gasteiger partial charge in [0.2, 0.25) is 0 Å². The number of morpholine rings is 1. The molecule has 0 spiro atoms. The van der Waals surface area contributed by atoms with Crippen LogP contribution >= 0.6 is 0 Å². The van der Waals surface area contributed by atoms with Gasteiger partial charge >= 0.3 is 5.97 Å². The summed E-state index contributed by atoms with van der Waals surface area (Å²) >= 11 is 0. The van der Waals surface area contributed by atoms with E-state index in [0.717, 1.165) is 12.5 Å². The molecule has 5 heteroatoms. The molecule has 4 nitrogen and oxygen atoms in total. The smallest absolute Gasteiger partial charge is 0.328 e. The third kappa shape index (κ3) is 3.36. The summed E-state index contributed by atoms with van der Waals surface area (Å²) in [5.74, 6) is -1.51. The number of aliphatic carboxylic acids is 1. The van der Waals surface area contributed by atoms with E-state index < -0.39 is 11.8 Å². The van der Waals surface area contributed by atoms with E-state index in [-0.39, 0.29) is 6.10 Å². The van der Waals surface area contributed by atoms with Crippen LogP contribution in [0.1, 0.15) is 18.9 Å². The van der Waals surface area contributed by atoms with Crippen molar-refractivity contribution in [3.05, 3.63) is 35.7 Å². The lowest BCUT2D eigenvalue weighted by Gasteiger charge is -2.35. The first kappa shape index (κ1) is 14.5. The Morgan fingerprint density at radius 1 is 1.60 bits per heavy atom. The van der Waals surface area contributed by atoms with Gasteiger partial charge in [-0.3, -0.25) is 0 Å². The summed E-state index contributed by atoms with van der Waals surface area (Å²) in [4.78, 5) is 12.7. The van der Waals surface area contributed by atoms with Gasteiger partial charge < -0.3 is 14.7 Å². The third-order valence-electron chi connectivity index (χ3n) is 3.36. The van der Waals surface area contributed by atoms with Crippen molar-refractivity contribution in [1.82, 2.24) is 0 Å². The number of nitrogens with zero attached hydrogens (tertiary/aromatic N) is 1. The van der Waals surface area contributed by atoms with Crippen LogP contribution in [-0.4, -0.2) is 36.9 Å². The number of hydrogen-bond acceptors (Lipinski definition) is 3. The topological polar surface area (TPSA) is 49.8 Å². The van der Waals surface area contributed by atoms with Gasteiger partial charge in [0.1, 0.15) is 5.82 Å². The fourth-order valence-corrected chi connectivity index (χ4v) is 2.31. The molecule has 1 heterocycles. The van der Waals surface area contributed by atoms with Crippen LogP contribution in [0.25, 0.3) is 6.08 Å². The molecule has 1 aliphatic rings. The first-order chi connectivity index (χ1) is 9.61. The SMILES string of the molecule is CCC1CN(c2cccc(F)c2/C=C/C(=O)O)CCO1. The van der Waals surface area contributed by atoms with Gasteiger partial charge in [-0.1, -0.05) is 13.0 Å². The largest absolute Gasteiger partial charge is 0.478 e. The summed E-state index contributed by atoms with van der Waals surface area (Å²) < 4.78 is 19.5. The lowest BCUT2D eigenvalue weighted by atomic mass is 10.1. The lowest BCUT2D eigenvalue weighted by molar-refractivity contribution is -0.131. The number of benzene rings is 1. The molecular formula is C15H18FNO3. The summed E-state index contributed by atoms with van der Waals surface area (Å²) in [7, 11) is 0. The highest BCUT2D eigenvalue weighted by Gasteiger charge is 2.21. The summed E-state index contributed by atoms with van der Waals surface area (Å²) in [5, 5.41) is 8.70. The van der Waals surface area contributed by atoms with Crippen molar-refractivity contribution in [3.8, 4) is 0 Å². The Hall–Kier alpha value is -1.88. The first-order valence-electron chi connectivity index (χ1n) is 6.68. The van der Waals surface area contributed by atoms with Crippen LogP contribution in [0.5, 0.6) is 0 Å². The van der Waals surface area contributed by atoms with Crippen molar-refractivity contribution >= 4 is 17.7 Å². The molecule has 1 aromatic carbocycles. The lowest BCUT2D eigenvalue weighted by Crippen LogP contribution is -2.42. The summed E-state index contributed by atoms with van der Waals surface area (Å²) in [5.41, 5.74) is 1.02. The number of carboxylic acid groups (broad SMARTS) is 1. The Balaban J connectivity index is 2.30. The quantitative estimate of drug-likeness (QED) is 0.860. The molecule has 1 aliphatic heterocycles. The molecule has 0 bridgehead atoms. The number of hydrogen-bond donors (Lipinski definition) is 1. The number of carboxylic acids is 1.